The van der Waals surface area contributed by atoms with Gasteiger partial charge in [0.1, 0.15) is 5.82 Å². The van der Waals surface area contributed by atoms with E-state index in [0.29, 0.717) is 5.82 Å². The highest BCUT2D eigenvalue weighted by Crippen LogP contribution is 2.09. The number of likely N-dealkylation sites (tertiary alicyclic amines) is 1. The first-order valence-corrected chi connectivity index (χ1v) is 6.90. The minimum absolute atomic E-state index is 0.267. The number of quaternary nitrogens is 1. The summed E-state index contributed by atoms with van der Waals surface area (Å²) in [5.41, 5.74) is 0.754. The first-order valence-electron chi connectivity index (χ1n) is 6.90. The van der Waals surface area contributed by atoms with E-state index in [9.17, 15) is 4.39 Å². The molecule has 1 saturated heterocycles. The number of hydrogen-bond acceptors (Lipinski definition) is 3. The normalized spacial score (nSPS) is 16.9. The van der Waals surface area contributed by atoms with Crippen molar-refractivity contribution in [1.29, 1.82) is 0 Å². The lowest BCUT2D eigenvalue weighted by molar-refractivity contribution is -0.851. The van der Waals surface area contributed by atoms with Crippen molar-refractivity contribution in [3.63, 3.8) is 0 Å². The Bertz CT molecular complexity index is 584. The summed E-state index contributed by atoms with van der Waals surface area (Å²) in [6.45, 7) is 2.32. The molecule has 1 aliphatic rings. The molecule has 0 aliphatic carbocycles. The minimum atomic E-state index is -0.267. The second-order valence-electron chi connectivity index (χ2n) is 4.98. The van der Waals surface area contributed by atoms with Gasteiger partial charge in [-0.25, -0.2) is 4.39 Å². The largest absolute Gasteiger partial charge is 0.309 e. The summed E-state index contributed by atoms with van der Waals surface area (Å²) >= 11 is 0. The second kappa shape index (κ2) is 5.92. The quantitative estimate of drug-likeness (QED) is 0.902. The monoisotopic (exact) mass is 274 g/mol. The number of hydrogen-bond donors (Lipinski definition) is 1. The van der Waals surface area contributed by atoms with E-state index in [1.807, 2.05) is 6.08 Å². The molecule has 0 saturated carbocycles. The molecule has 1 aromatic heterocycles. The van der Waals surface area contributed by atoms with Crippen LogP contribution in [-0.4, -0.2) is 33.3 Å². The van der Waals surface area contributed by atoms with Crippen LogP contribution in [0.4, 0.5) is 4.39 Å². The van der Waals surface area contributed by atoms with Crippen LogP contribution in [0.2, 0.25) is 0 Å². The molecule has 0 atom stereocenters. The van der Waals surface area contributed by atoms with Gasteiger partial charge < -0.3 is 4.90 Å². The number of nitrogens with one attached hydrogen (secondary N) is 1. The highest BCUT2D eigenvalue weighted by molar-refractivity contribution is 5.42. The molecule has 2 heterocycles. The van der Waals surface area contributed by atoms with Gasteiger partial charge in [-0.2, -0.15) is 4.68 Å². The van der Waals surface area contributed by atoms with Gasteiger partial charge in [0.15, 0.2) is 5.82 Å². The predicted octanol–water partition coefficient (Wildman–Crippen LogP) is 0.841. The van der Waals surface area contributed by atoms with Crippen molar-refractivity contribution >= 4 is 6.08 Å². The summed E-state index contributed by atoms with van der Waals surface area (Å²) in [4.78, 5) is 1.45. The van der Waals surface area contributed by atoms with Gasteiger partial charge in [0.2, 0.25) is 0 Å². The Kier molecular flexibility index (Phi) is 3.83. The van der Waals surface area contributed by atoms with Crippen LogP contribution in [0.5, 0.6) is 0 Å². The molecule has 3 rings (SSSR count). The maximum atomic E-state index is 12.9. The van der Waals surface area contributed by atoms with Crippen LogP contribution >= 0.6 is 0 Å². The SMILES string of the molecule is Fc1ccc(-n2nnnc2/C=C/[NH+]2CCCCC2)cc1. The van der Waals surface area contributed by atoms with Crippen LogP contribution in [0, 0.1) is 5.82 Å². The van der Waals surface area contributed by atoms with E-state index in [0.717, 1.165) is 18.8 Å². The Labute approximate surface area is 116 Å². The Hall–Kier alpha value is -2.08. The first kappa shape index (κ1) is 12.9. The summed E-state index contributed by atoms with van der Waals surface area (Å²) in [5.74, 6) is 0.395. The van der Waals surface area contributed by atoms with Gasteiger partial charge in [0.25, 0.3) is 0 Å². The van der Waals surface area contributed by atoms with Crippen LogP contribution < -0.4 is 4.90 Å². The van der Waals surface area contributed by atoms with E-state index < -0.39 is 0 Å². The number of halogens is 1. The zero-order valence-electron chi connectivity index (χ0n) is 11.2. The number of rotatable bonds is 3. The molecule has 0 bridgehead atoms. The van der Waals surface area contributed by atoms with Gasteiger partial charge in [-0.1, -0.05) is 0 Å². The molecule has 0 amide bonds. The summed E-state index contributed by atoms with van der Waals surface area (Å²) in [6.07, 6.45) is 7.91. The highest BCUT2D eigenvalue weighted by atomic mass is 19.1. The van der Waals surface area contributed by atoms with Gasteiger partial charge in [-0.15, -0.1) is 5.10 Å². The molecule has 0 unspecified atom stereocenters. The Morgan fingerprint density at radius 3 is 2.60 bits per heavy atom. The molecule has 1 fully saturated rings. The zero-order chi connectivity index (χ0) is 13.8. The average molecular weight is 274 g/mol. The van der Waals surface area contributed by atoms with E-state index in [4.69, 9.17) is 0 Å². The Morgan fingerprint density at radius 1 is 1.10 bits per heavy atom. The summed E-state index contributed by atoms with van der Waals surface area (Å²) in [7, 11) is 0. The number of piperidine rings is 1. The molecular formula is C14H17FN5+. The average Bonchev–Trinajstić information content (AvgIpc) is 2.95. The van der Waals surface area contributed by atoms with E-state index in [1.165, 1.54) is 36.3 Å². The van der Waals surface area contributed by atoms with E-state index in [1.54, 1.807) is 16.8 Å². The maximum Gasteiger partial charge on any atom is 0.185 e. The van der Waals surface area contributed by atoms with Crippen LogP contribution in [0.1, 0.15) is 25.1 Å². The minimum Gasteiger partial charge on any atom is -0.309 e. The van der Waals surface area contributed by atoms with E-state index in [-0.39, 0.29) is 5.82 Å². The lowest BCUT2D eigenvalue weighted by Gasteiger charge is -2.18. The van der Waals surface area contributed by atoms with Gasteiger partial charge in [-0.3, -0.25) is 0 Å². The summed E-state index contributed by atoms with van der Waals surface area (Å²) in [5, 5.41) is 11.7. The number of tetrazole rings is 1. The third kappa shape index (κ3) is 2.91. The van der Waals surface area contributed by atoms with Crippen molar-refractivity contribution < 1.29 is 9.29 Å². The third-order valence-electron chi connectivity index (χ3n) is 3.53. The highest BCUT2D eigenvalue weighted by Gasteiger charge is 2.11. The molecule has 20 heavy (non-hydrogen) atoms. The third-order valence-corrected chi connectivity index (χ3v) is 3.53. The van der Waals surface area contributed by atoms with Crippen LogP contribution in [0.15, 0.2) is 30.5 Å². The molecule has 1 aromatic carbocycles. The molecule has 1 N–H and O–H groups in total. The molecule has 2 aromatic rings. The summed E-state index contributed by atoms with van der Waals surface area (Å²) < 4.78 is 14.6. The Morgan fingerprint density at radius 2 is 1.85 bits per heavy atom. The van der Waals surface area contributed by atoms with Crippen molar-refractivity contribution in [3.8, 4) is 5.69 Å². The molecule has 0 spiro atoms. The molecule has 6 heteroatoms. The van der Waals surface area contributed by atoms with Crippen molar-refractivity contribution in [1.82, 2.24) is 20.2 Å². The fourth-order valence-corrected chi connectivity index (χ4v) is 2.43. The van der Waals surface area contributed by atoms with Crippen LogP contribution in [-0.2, 0) is 0 Å². The van der Waals surface area contributed by atoms with Gasteiger partial charge >= 0.3 is 0 Å². The van der Waals surface area contributed by atoms with Crippen molar-refractivity contribution in [2.24, 2.45) is 0 Å². The lowest BCUT2D eigenvalue weighted by atomic mass is 10.1. The number of nitrogens with zero attached hydrogens (tertiary/aromatic N) is 4. The van der Waals surface area contributed by atoms with Crippen molar-refractivity contribution in [2.45, 2.75) is 19.3 Å². The zero-order valence-corrected chi connectivity index (χ0v) is 11.2. The Balaban J connectivity index is 1.79. The van der Waals surface area contributed by atoms with Gasteiger partial charge in [0.05, 0.1) is 25.0 Å². The number of benzene rings is 1. The lowest BCUT2D eigenvalue weighted by Crippen LogP contribution is -3.08. The second-order valence-corrected chi connectivity index (χ2v) is 4.98. The molecule has 5 nitrogen and oxygen atoms in total. The summed E-state index contributed by atoms with van der Waals surface area (Å²) in [6, 6.07) is 6.13. The van der Waals surface area contributed by atoms with Gasteiger partial charge in [0, 0.05) is 6.08 Å². The van der Waals surface area contributed by atoms with E-state index in [2.05, 4.69) is 21.7 Å². The fraction of sp³-hybridized carbons (Fsp3) is 0.357. The van der Waals surface area contributed by atoms with Crippen molar-refractivity contribution in [2.75, 3.05) is 13.1 Å². The van der Waals surface area contributed by atoms with Crippen LogP contribution in [0.25, 0.3) is 11.8 Å². The smallest absolute Gasteiger partial charge is 0.185 e. The molecule has 1 aliphatic heterocycles. The topological polar surface area (TPSA) is 48.0 Å². The molecule has 104 valence electrons. The van der Waals surface area contributed by atoms with Crippen molar-refractivity contribution in [3.05, 3.63) is 42.1 Å². The van der Waals surface area contributed by atoms with Gasteiger partial charge in [-0.05, 0) is 54.0 Å². The molecular weight excluding hydrogens is 257 g/mol. The maximum absolute atomic E-state index is 12.9. The first-order chi connectivity index (χ1) is 9.83. The fourth-order valence-electron chi connectivity index (χ4n) is 2.43. The predicted molar refractivity (Wildman–Crippen MR) is 72.7 cm³/mol. The number of aromatic nitrogens is 4. The van der Waals surface area contributed by atoms with Crippen LogP contribution in [0.3, 0.4) is 0 Å². The standard InChI is InChI=1S/C14H16FN5/c15-12-4-6-13(7-5-12)20-14(16-17-18-20)8-11-19-9-2-1-3-10-19/h4-8,11H,1-3,9-10H2/p+1/b11-8+. The van der Waals surface area contributed by atoms with E-state index >= 15 is 0 Å². The molecule has 0 radical (unpaired) electrons.